The maximum Gasteiger partial charge on any atom is 0.345 e. The van der Waals surface area contributed by atoms with Gasteiger partial charge >= 0.3 is 5.97 Å². The fourth-order valence-electron chi connectivity index (χ4n) is 0.544. The number of ether oxygens (including phenoxy) is 1. The molecule has 1 aliphatic rings. The molecule has 0 aliphatic carbocycles. The summed E-state index contributed by atoms with van der Waals surface area (Å²) in [5, 5.41) is 8.25. The van der Waals surface area contributed by atoms with Gasteiger partial charge in [0.1, 0.15) is 0 Å². The van der Waals surface area contributed by atoms with Crippen molar-refractivity contribution in [3.8, 4) is 0 Å². The van der Waals surface area contributed by atoms with Crippen LogP contribution in [0.25, 0.3) is 0 Å². The third-order valence-corrected chi connectivity index (χ3v) is 0.965. The van der Waals surface area contributed by atoms with Crippen LogP contribution in [0, 0.1) is 0 Å². The van der Waals surface area contributed by atoms with Crippen LogP contribution >= 0.6 is 0 Å². The molecule has 1 atom stereocenters. The van der Waals surface area contributed by atoms with Gasteiger partial charge in [-0.2, -0.15) is 0 Å². The Balaban J connectivity index is 2.41. The van der Waals surface area contributed by atoms with E-state index in [0.29, 0.717) is 6.42 Å². The van der Waals surface area contributed by atoms with Crippen LogP contribution in [0.1, 0.15) is 6.42 Å². The molecule has 0 saturated heterocycles. The molecular weight excluding hydrogens is 108 g/mol. The third-order valence-electron chi connectivity index (χ3n) is 0.965. The molecule has 0 spiro atoms. The highest BCUT2D eigenvalue weighted by molar-refractivity contribution is 5.72. The summed E-state index contributed by atoms with van der Waals surface area (Å²) in [6.07, 6.45) is 2.97. The number of hydrogen-bond acceptors (Lipinski definition) is 2. The summed E-state index contributed by atoms with van der Waals surface area (Å²) in [5.74, 6) is -0.894. The molecule has 1 N–H and O–H groups in total. The summed E-state index contributed by atoms with van der Waals surface area (Å²) in [5.41, 5.74) is 0. The van der Waals surface area contributed by atoms with Crippen molar-refractivity contribution in [3.05, 3.63) is 12.3 Å². The van der Waals surface area contributed by atoms with Gasteiger partial charge in [0.15, 0.2) is 6.10 Å². The first-order valence-electron chi connectivity index (χ1n) is 2.34. The van der Waals surface area contributed by atoms with E-state index in [1.54, 1.807) is 6.08 Å². The zero-order valence-electron chi connectivity index (χ0n) is 4.20. The predicted molar refractivity (Wildman–Crippen MR) is 26.3 cm³/mol. The standard InChI is InChI=1S/C5H6O3/c6-5(7)4-2-1-3-8-4/h1,3-4H,2H2,(H,6,7). The molecule has 3 heteroatoms. The SMILES string of the molecule is O=C(O)C1CC=CO1. The lowest BCUT2D eigenvalue weighted by Gasteiger charge is -2.00. The number of rotatable bonds is 1. The topological polar surface area (TPSA) is 46.5 Å². The number of carboxylic acids is 1. The van der Waals surface area contributed by atoms with Crippen LogP contribution in [0.5, 0.6) is 0 Å². The zero-order valence-corrected chi connectivity index (χ0v) is 4.20. The van der Waals surface area contributed by atoms with E-state index < -0.39 is 12.1 Å². The van der Waals surface area contributed by atoms with Crippen molar-refractivity contribution in [3.63, 3.8) is 0 Å². The molecule has 1 heterocycles. The second kappa shape index (κ2) is 1.86. The summed E-state index contributed by atoms with van der Waals surface area (Å²) in [4.78, 5) is 10.0. The Bertz CT molecular complexity index is 120. The molecule has 0 aromatic carbocycles. The second-order valence-electron chi connectivity index (χ2n) is 1.57. The number of carbonyl (C=O) groups is 1. The van der Waals surface area contributed by atoms with Crippen LogP contribution in [0.15, 0.2) is 12.3 Å². The van der Waals surface area contributed by atoms with Crippen molar-refractivity contribution in [2.75, 3.05) is 0 Å². The van der Waals surface area contributed by atoms with Gasteiger partial charge in [0.2, 0.25) is 0 Å². The Morgan fingerprint density at radius 3 is 2.88 bits per heavy atom. The summed E-state index contributed by atoms with van der Waals surface area (Å²) in [6, 6.07) is 0. The third kappa shape index (κ3) is 0.804. The maximum absolute atomic E-state index is 10.0. The normalized spacial score (nSPS) is 25.2. The number of hydrogen-bond donors (Lipinski definition) is 1. The summed E-state index contributed by atoms with van der Waals surface area (Å²) >= 11 is 0. The van der Waals surface area contributed by atoms with Gasteiger partial charge in [0.05, 0.1) is 6.26 Å². The van der Waals surface area contributed by atoms with E-state index in [4.69, 9.17) is 5.11 Å². The first-order chi connectivity index (χ1) is 3.80. The van der Waals surface area contributed by atoms with Crippen LogP contribution in [-0.2, 0) is 9.53 Å². The average molecular weight is 114 g/mol. The van der Waals surface area contributed by atoms with E-state index in [0.717, 1.165) is 0 Å². The molecule has 0 amide bonds. The van der Waals surface area contributed by atoms with Crippen molar-refractivity contribution in [1.29, 1.82) is 0 Å². The van der Waals surface area contributed by atoms with Gasteiger partial charge in [-0.25, -0.2) is 4.79 Å². The predicted octanol–water partition coefficient (Wildman–Crippen LogP) is 0.374. The summed E-state index contributed by atoms with van der Waals surface area (Å²) in [6.45, 7) is 0. The number of aliphatic carboxylic acids is 1. The molecule has 0 fully saturated rings. The highest BCUT2D eigenvalue weighted by Crippen LogP contribution is 2.07. The van der Waals surface area contributed by atoms with Gasteiger partial charge < -0.3 is 9.84 Å². The Morgan fingerprint density at radius 2 is 2.62 bits per heavy atom. The minimum absolute atomic E-state index is 0.495. The van der Waals surface area contributed by atoms with E-state index in [1.807, 2.05) is 0 Å². The number of carboxylic acid groups (broad SMARTS) is 1. The Kier molecular flexibility index (Phi) is 1.20. The summed E-state index contributed by atoms with van der Waals surface area (Å²) < 4.78 is 4.63. The lowest BCUT2D eigenvalue weighted by molar-refractivity contribution is -0.145. The van der Waals surface area contributed by atoms with Crippen LogP contribution in [-0.4, -0.2) is 17.2 Å². The van der Waals surface area contributed by atoms with Crippen LogP contribution in [0.2, 0.25) is 0 Å². The van der Waals surface area contributed by atoms with E-state index in [1.165, 1.54) is 6.26 Å². The molecule has 1 rings (SSSR count). The molecule has 0 aromatic rings. The van der Waals surface area contributed by atoms with Gasteiger partial charge in [0.25, 0.3) is 0 Å². The van der Waals surface area contributed by atoms with Crippen molar-refractivity contribution < 1.29 is 14.6 Å². The van der Waals surface area contributed by atoms with Gasteiger partial charge in [-0.1, -0.05) is 0 Å². The zero-order chi connectivity index (χ0) is 5.98. The largest absolute Gasteiger partial charge is 0.486 e. The van der Waals surface area contributed by atoms with Gasteiger partial charge in [-0.05, 0) is 6.08 Å². The summed E-state index contributed by atoms with van der Waals surface area (Å²) in [7, 11) is 0. The van der Waals surface area contributed by atoms with Gasteiger partial charge in [-0.3, -0.25) is 0 Å². The average Bonchev–Trinajstić information content (AvgIpc) is 2.12. The van der Waals surface area contributed by atoms with Crippen molar-refractivity contribution in [2.24, 2.45) is 0 Å². The minimum atomic E-state index is -0.894. The fourth-order valence-corrected chi connectivity index (χ4v) is 0.544. The van der Waals surface area contributed by atoms with Gasteiger partial charge in [-0.15, -0.1) is 0 Å². The Labute approximate surface area is 46.6 Å². The fraction of sp³-hybridized carbons (Fsp3) is 0.400. The maximum atomic E-state index is 10.0. The molecule has 1 unspecified atom stereocenters. The molecule has 8 heavy (non-hydrogen) atoms. The van der Waals surface area contributed by atoms with Crippen LogP contribution < -0.4 is 0 Å². The monoisotopic (exact) mass is 114 g/mol. The van der Waals surface area contributed by atoms with Crippen LogP contribution in [0.3, 0.4) is 0 Å². The lowest BCUT2D eigenvalue weighted by atomic mass is 10.3. The molecule has 0 radical (unpaired) electrons. The first kappa shape index (κ1) is 5.15. The molecule has 0 saturated carbocycles. The highest BCUT2D eigenvalue weighted by Gasteiger charge is 2.18. The van der Waals surface area contributed by atoms with Gasteiger partial charge in [0, 0.05) is 6.42 Å². The van der Waals surface area contributed by atoms with Crippen molar-refractivity contribution >= 4 is 5.97 Å². The van der Waals surface area contributed by atoms with Crippen LogP contribution in [0.4, 0.5) is 0 Å². The Hall–Kier alpha value is -0.990. The molecule has 44 valence electrons. The molecule has 0 aromatic heterocycles. The molecule has 3 nitrogen and oxygen atoms in total. The van der Waals surface area contributed by atoms with E-state index >= 15 is 0 Å². The van der Waals surface area contributed by atoms with E-state index in [2.05, 4.69) is 4.74 Å². The quantitative estimate of drug-likeness (QED) is 0.535. The minimum Gasteiger partial charge on any atom is -0.486 e. The second-order valence-corrected chi connectivity index (χ2v) is 1.57. The first-order valence-corrected chi connectivity index (χ1v) is 2.34. The Morgan fingerprint density at radius 1 is 1.88 bits per heavy atom. The molecule has 0 bridgehead atoms. The lowest BCUT2D eigenvalue weighted by Crippen LogP contribution is -2.17. The highest BCUT2D eigenvalue weighted by atomic mass is 16.5. The molecular formula is C5H6O3. The van der Waals surface area contributed by atoms with E-state index in [-0.39, 0.29) is 0 Å². The van der Waals surface area contributed by atoms with Crippen molar-refractivity contribution in [1.82, 2.24) is 0 Å². The van der Waals surface area contributed by atoms with E-state index in [9.17, 15) is 4.79 Å². The smallest absolute Gasteiger partial charge is 0.345 e. The molecule has 1 aliphatic heterocycles. The van der Waals surface area contributed by atoms with Crippen molar-refractivity contribution in [2.45, 2.75) is 12.5 Å².